The summed E-state index contributed by atoms with van der Waals surface area (Å²) in [7, 11) is -3.69. The van der Waals surface area contributed by atoms with Crippen LogP contribution in [0.3, 0.4) is 0 Å². The number of benzene rings is 1. The molecule has 1 aliphatic rings. The van der Waals surface area contributed by atoms with Gasteiger partial charge in [0.15, 0.2) is 0 Å². The lowest BCUT2D eigenvalue weighted by Gasteiger charge is -2.33. The molecule has 1 amide bonds. The molecule has 0 radical (unpaired) electrons. The van der Waals surface area contributed by atoms with Crippen LogP contribution in [0.15, 0.2) is 51.1 Å². The minimum atomic E-state index is -3.69. The van der Waals surface area contributed by atoms with Gasteiger partial charge in [-0.1, -0.05) is 28.4 Å². The molecule has 0 spiro atoms. The third-order valence-corrected chi connectivity index (χ3v) is 7.81. The Morgan fingerprint density at radius 2 is 2.00 bits per heavy atom. The number of carbonyl (C=O) groups is 1. The highest BCUT2D eigenvalue weighted by molar-refractivity contribution is 9.10. The highest BCUT2D eigenvalue weighted by atomic mass is 79.9. The van der Waals surface area contributed by atoms with Crippen molar-refractivity contribution < 1.29 is 13.2 Å². The molecule has 1 aromatic heterocycles. The number of hydrogen-bond acceptors (Lipinski definition) is 4. The predicted octanol–water partition coefficient (Wildman–Crippen LogP) is 3.41. The van der Waals surface area contributed by atoms with Gasteiger partial charge < -0.3 is 5.32 Å². The lowest BCUT2D eigenvalue weighted by atomic mass is 10.0. The molecule has 8 heteroatoms. The monoisotopic (exact) mass is 456 g/mol. The van der Waals surface area contributed by atoms with Crippen LogP contribution < -0.4 is 5.32 Å². The Kier molecular flexibility index (Phi) is 6.50. The van der Waals surface area contributed by atoms with Gasteiger partial charge in [-0.2, -0.15) is 4.31 Å². The third-order valence-electron chi connectivity index (χ3n) is 4.43. The van der Waals surface area contributed by atoms with Crippen LogP contribution in [0.25, 0.3) is 0 Å². The van der Waals surface area contributed by atoms with Crippen LogP contribution in [-0.2, 0) is 21.2 Å². The summed E-state index contributed by atoms with van der Waals surface area (Å²) >= 11 is 4.97. The number of piperidine rings is 1. The summed E-state index contributed by atoms with van der Waals surface area (Å²) in [5, 5.41) is 4.91. The molecule has 0 saturated carbocycles. The van der Waals surface area contributed by atoms with Crippen LogP contribution in [-0.4, -0.2) is 37.8 Å². The fraction of sp³-hybridized carbons (Fsp3) is 0.389. The van der Waals surface area contributed by atoms with Crippen molar-refractivity contribution in [2.45, 2.75) is 36.6 Å². The number of carbonyl (C=O) groups excluding carboxylic acids is 1. The van der Waals surface area contributed by atoms with Crippen LogP contribution in [0.2, 0.25) is 0 Å². The first-order valence-electron chi connectivity index (χ1n) is 8.56. The molecule has 140 valence electrons. The van der Waals surface area contributed by atoms with E-state index in [1.165, 1.54) is 9.18 Å². The molecule has 1 atom stereocenters. The van der Waals surface area contributed by atoms with E-state index in [4.69, 9.17) is 0 Å². The number of nitrogens with one attached hydrogen (secondary N) is 1. The second-order valence-corrected chi connectivity index (χ2v) is 10.0. The fourth-order valence-corrected chi connectivity index (χ4v) is 5.71. The smallest absolute Gasteiger partial charge is 0.243 e. The zero-order valence-electron chi connectivity index (χ0n) is 14.2. The molecule has 26 heavy (non-hydrogen) atoms. The summed E-state index contributed by atoms with van der Waals surface area (Å²) in [6.45, 7) is 0.892. The minimum absolute atomic E-state index is 0.207. The molecule has 2 aromatic rings. The summed E-state index contributed by atoms with van der Waals surface area (Å²) in [6, 6.07) is 9.91. The SMILES string of the molecule is O=C(NCCc1cccs1)[C@@H]1CCCCN1S(=O)(=O)c1ccc(Br)cc1. The number of thiophene rings is 1. The Morgan fingerprint density at radius 1 is 1.23 bits per heavy atom. The molecular formula is C18H21BrN2O3S2. The second kappa shape index (κ2) is 8.65. The number of hydrogen-bond donors (Lipinski definition) is 1. The number of rotatable bonds is 6. The molecule has 1 aromatic carbocycles. The van der Waals surface area contributed by atoms with Crippen molar-refractivity contribution in [3.05, 3.63) is 51.1 Å². The normalized spacial score (nSPS) is 18.6. The van der Waals surface area contributed by atoms with Crippen LogP contribution >= 0.6 is 27.3 Å². The molecule has 0 unspecified atom stereocenters. The first-order chi connectivity index (χ1) is 12.5. The van der Waals surface area contributed by atoms with Crippen molar-refractivity contribution in [2.24, 2.45) is 0 Å². The fourth-order valence-electron chi connectivity index (χ4n) is 3.08. The van der Waals surface area contributed by atoms with Crippen molar-refractivity contribution >= 4 is 43.2 Å². The van der Waals surface area contributed by atoms with Crippen molar-refractivity contribution in [1.29, 1.82) is 0 Å². The Bertz CT molecular complexity index is 836. The average Bonchev–Trinajstić information content (AvgIpc) is 3.15. The first-order valence-corrected chi connectivity index (χ1v) is 11.7. The molecule has 1 N–H and O–H groups in total. The van der Waals surface area contributed by atoms with Gasteiger partial charge in [0.1, 0.15) is 6.04 Å². The molecule has 3 rings (SSSR count). The Balaban J connectivity index is 1.70. The highest BCUT2D eigenvalue weighted by Crippen LogP contribution is 2.26. The third kappa shape index (κ3) is 4.54. The van der Waals surface area contributed by atoms with Crippen LogP contribution in [0.5, 0.6) is 0 Å². The number of halogens is 1. The second-order valence-electron chi connectivity index (χ2n) is 6.20. The van der Waals surface area contributed by atoms with Gasteiger partial charge in [-0.3, -0.25) is 4.79 Å². The largest absolute Gasteiger partial charge is 0.354 e. The van der Waals surface area contributed by atoms with E-state index < -0.39 is 16.1 Å². The Hall–Kier alpha value is -1.22. The van der Waals surface area contributed by atoms with Crippen LogP contribution in [0, 0.1) is 0 Å². The quantitative estimate of drug-likeness (QED) is 0.723. The molecule has 0 aliphatic carbocycles. The summed E-state index contributed by atoms with van der Waals surface area (Å²) in [5.41, 5.74) is 0. The van der Waals surface area contributed by atoms with Crippen LogP contribution in [0.4, 0.5) is 0 Å². The lowest BCUT2D eigenvalue weighted by Crippen LogP contribution is -2.52. The molecule has 5 nitrogen and oxygen atoms in total. The standard InChI is InChI=1S/C18H21BrN2O3S2/c19-14-6-8-16(9-7-14)26(23,24)21-12-2-1-5-17(21)18(22)20-11-10-15-4-3-13-25-15/h3-4,6-9,13,17H,1-2,5,10-12H2,(H,20,22)/t17-/m0/s1. The molecule has 2 heterocycles. The van der Waals surface area contributed by atoms with Gasteiger partial charge >= 0.3 is 0 Å². The van der Waals surface area contributed by atoms with Gasteiger partial charge in [-0.25, -0.2) is 8.42 Å². The van der Waals surface area contributed by atoms with Crippen LogP contribution in [0.1, 0.15) is 24.1 Å². The van der Waals surface area contributed by atoms with Crippen molar-refractivity contribution in [3.8, 4) is 0 Å². The predicted molar refractivity (Wildman–Crippen MR) is 107 cm³/mol. The minimum Gasteiger partial charge on any atom is -0.354 e. The van der Waals surface area contributed by atoms with Gasteiger partial charge in [0.25, 0.3) is 0 Å². The number of nitrogens with zero attached hydrogens (tertiary/aromatic N) is 1. The zero-order chi connectivity index (χ0) is 18.6. The maximum absolute atomic E-state index is 13.0. The molecule has 1 fully saturated rings. The Labute approximate surface area is 166 Å². The topological polar surface area (TPSA) is 66.5 Å². The van der Waals surface area contributed by atoms with Crippen molar-refractivity contribution in [2.75, 3.05) is 13.1 Å². The van der Waals surface area contributed by atoms with E-state index in [1.807, 2.05) is 17.5 Å². The summed E-state index contributed by atoms with van der Waals surface area (Å²) in [6.07, 6.45) is 2.94. The van der Waals surface area contributed by atoms with E-state index >= 15 is 0 Å². The van der Waals surface area contributed by atoms with E-state index in [2.05, 4.69) is 21.2 Å². The van der Waals surface area contributed by atoms with E-state index in [0.29, 0.717) is 19.5 Å². The van der Waals surface area contributed by atoms with E-state index in [1.54, 1.807) is 35.6 Å². The van der Waals surface area contributed by atoms with Gasteiger partial charge in [0.2, 0.25) is 15.9 Å². The molecule has 1 aliphatic heterocycles. The maximum atomic E-state index is 13.0. The van der Waals surface area contributed by atoms with Crippen molar-refractivity contribution in [3.63, 3.8) is 0 Å². The van der Waals surface area contributed by atoms with E-state index in [-0.39, 0.29) is 10.8 Å². The van der Waals surface area contributed by atoms with Gasteiger partial charge in [-0.15, -0.1) is 11.3 Å². The van der Waals surface area contributed by atoms with E-state index in [0.717, 1.165) is 23.7 Å². The van der Waals surface area contributed by atoms with E-state index in [9.17, 15) is 13.2 Å². The molecule has 1 saturated heterocycles. The molecular weight excluding hydrogens is 436 g/mol. The summed E-state index contributed by atoms with van der Waals surface area (Å²) < 4.78 is 28.2. The average molecular weight is 457 g/mol. The summed E-state index contributed by atoms with van der Waals surface area (Å²) in [4.78, 5) is 14.1. The first kappa shape index (κ1) is 19.5. The van der Waals surface area contributed by atoms with Gasteiger partial charge in [0.05, 0.1) is 4.90 Å². The highest BCUT2D eigenvalue weighted by Gasteiger charge is 2.37. The van der Waals surface area contributed by atoms with Crippen molar-refractivity contribution in [1.82, 2.24) is 9.62 Å². The molecule has 0 bridgehead atoms. The summed E-state index contributed by atoms with van der Waals surface area (Å²) in [5.74, 6) is -0.207. The van der Waals surface area contributed by atoms with Gasteiger partial charge in [0, 0.05) is 22.4 Å². The number of sulfonamides is 1. The number of amides is 1. The van der Waals surface area contributed by atoms with Gasteiger partial charge in [-0.05, 0) is 55.0 Å². The lowest BCUT2D eigenvalue weighted by molar-refractivity contribution is -0.125. The Morgan fingerprint density at radius 3 is 2.69 bits per heavy atom. The maximum Gasteiger partial charge on any atom is 0.243 e. The zero-order valence-corrected chi connectivity index (χ0v) is 17.4.